The molecule has 0 aromatic rings. The Bertz CT molecular complexity index is 287. The Morgan fingerprint density at radius 1 is 1.40 bits per heavy atom. The average molecular weight is 234 g/mol. The van der Waals surface area contributed by atoms with Crippen LogP contribution in [0.4, 0.5) is 0 Å². The van der Waals surface area contributed by atoms with E-state index in [1.54, 1.807) is 0 Å². The van der Waals surface area contributed by atoms with Crippen molar-refractivity contribution in [2.45, 2.75) is 39.7 Å². The van der Waals surface area contributed by atoms with Crippen molar-refractivity contribution in [3.05, 3.63) is 0 Å². The van der Waals surface area contributed by atoms with Gasteiger partial charge >= 0.3 is 0 Å². The molecule has 2 N–H and O–H groups in total. The van der Waals surface area contributed by atoms with Crippen LogP contribution in [0.1, 0.15) is 33.6 Å². The van der Waals surface area contributed by atoms with E-state index in [-0.39, 0.29) is 11.2 Å². The normalized spacial score (nSPS) is 23.3. The van der Waals surface area contributed by atoms with Gasteiger partial charge in [-0.3, -0.25) is 0 Å². The fourth-order valence-electron chi connectivity index (χ4n) is 1.78. The molecule has 1 aliphatic heterocycles. The summed E-state index contributed by atoms with van der Waals surface area (Å²) in [5.74, 6) is 0.187. The Labute approximate surface area is 92.9 Å². The molecule has 5 heteroatoms. The van der Waals surface area contributed by atoms with Gasteiger partial charge in [-0.1, -0.05) is 20.8 Å². The van der Waals surface area contributed by atoms with Gasteiger partial charge in [0.2, 0.25) is 10.0 Å². The van der Waals surface area contributed by atoms with Crippen molar-refractivity contribution in [3.63, 3.8) is 0 Å². The maximum absolute atomic E-state index is 11.7. The van der Waals surface area contributed by atoms with E-state index >= 15 is 0 Å². The number of sulfonamides is 1. The molecule has 1 rings (SSSR count). The lowest BCUT2D eigenvalue weighted by atomic mass is 10.0. The topological polar surface area (TPSA) is 58.2 Å². The van der Waals surface area contributed by atoms with Gasteiger partial charge in [0, 0.05) is 12.6 Å². The molecule has 0 aliphatic carbocycles. The van der Waals surface area contributed by atoms with E-state index in [2.05, 4.69) is 10.0 Å². The highest BCUT2D eigenvalue weighted by atomic mass is 32.2. The molecule has 0 aromatic carbocycles. The Morgan fingerprint density at radius 3 is 2.53 bits per heavy atom. The van der Waals surface area contributed by atoms with E-state index in [0.29, 0.717) is 12.6 Å². The predicted octanol–water partition coefficient (Wildman–Crippen LogP) is 0.704. The number of nitrogens with one attached hydrogen (secondary N) is 2. The lowest BCUT2D eigenvalue weighted by Gasteiger charge is -2.19. The average Bonchev–Trinajstić information content (AvgIpc) is 2.47. The minimum atomic E-state index is -3.12. The standard InChI is InChI=1S/C10H22N2O2S/c1-10(2,3)8-15(13,14)12-7-9-5-4-6-11-9/h9,11-12H,4-8H2,1-3H3. The van der Waals surface area contributed by atoms with E-state index in [4.69, 9.17) is 0 Å². The van der Waals surface area contributed by atoms with Crippen molar-refractivity contribution in [2.75, 3.05) is 18.8 Å². The summed E-state index contributed by atoms with van der Waals surface area (Å²) < 4.78 is 26.0. The van der Waals surface area contributed by atoms with E-state index in [9.17, 15) is 8.42 Å². The molecule has 1 saturated heterocycles. The summed E-state index contributed by atoms with van der Waals surface area (Å²) in [6, 6.07) is 0.319. The van der Waals surface area contributed by atoms with Crippen LogP contribution in [-0.2, 0) is 10.0 Å². The van der Waals surface area contributed by atoms with Gasteiger partial charge in [-0.25, -0.2) is 13.1 Å². The molecule has 1 aliphatic rings. The van der Waals surface area contributed by atoms with Gasteiger partial charge in [-0.2, -0.15) is 0 Å². The van der Waals surface area contributed by atoms with Gasteiger partial charge in [0.15, 0.2) is 0 Å². The van der Waals surface area contributed by atoms with Gasteiger partial charge in [0.25, 0.3) is 0 Å². The molecule has 4 nitrogen and oxygen atoms in total. The Kier molecular flexibility index (Phi) is 4.14. The number of hydrogen-bond acceptors (Lipinski definition) is 3. The van der Waals surface area contributed by atoms with Crippen LogP contribution in [-0.4, -0.2) is 33.3 Å². The molecular formula is C10H22N2O2S. The third kappa shape index (κ3) is 5.49. The van der Waals surface area contributed by atoms with Crippen LogP contribution in [0.15, 0.2) is 0 Å². The highest BCUT2D eigenvalue weighted by Crippen LogP contribution is 2.15. The quantitative estimate of drug-likeness (QED) is 0.753. The molecule has 0 saturated carbocycles. The van der Waals surface area contributed by atoms with Gasteiger partial charge < -0.3 is 5.32 Å². The fraction of sp³-hybridized carbons (Fsp3) is 1.00. The first kappa shape index (κ1) is 12.9. The largest absolute Gasteiger partial charge is 0.313 e. The highest BCUT2D eigenvalue weighted by molar-refractivity contribution is 7.89. The lowest BCUT2D eigenvalue weighted by molar-refractivity contribution is 0.455. The number of rotatable bonds is 4. The third-order valence-corrected chi connectivity index (χ3v) is 4.19. The Morgan fingerprint density at radius 2 is 2.07 bits per heavy atom. The van der Waals surface area contributed by atoms with Crippen molar-refractivity contribution < 1.29 is 8.42 Å². The van der Waals surface area contributed by atoms with Crippen molar-refractivity contribution in [1.29, 1.82) is 0 Å². The van der Waals surface area contributed by atoms with E-state index in [1.165, 1.54) is 0 Å². The number of hydrogen-bond donors (Lipinski definition) is 2. The summed E-state index contributed by atoms with van der Waals surface area (Å²) in [7, 11) is -3.12. The van der Waals surface area contributed by atoms with Crippen LogP contribution in [0.5, 0.6) is 0 Å². The molecule has 0 bridgehead atoms. The summed E-state index contributed by atoms with van der Waals surface area (Å²) in [5.41, 5.74) is -0.186. The maximum atomic E-state index is 11.7. The zero-order chi connectivity index (χ0) is 11.5. The monoisotopic (exact) mass is 234 g/mol. The van der Waals surface area contributed by atoms with Crippen LogP contribution < -0.4 is 10.0 Å². The van der Waals surface area contributed by atoms with Gasteiger partial charge in [-0.05, 0) is 24.8 Å². The first-order valence-electron chi connectivity index (χ1n) is 5.49. The molecule has 0 radical (unpaired) electrons. The van der Waals surface area contributed by atoms with Crippen LogP contribution in [0.2, 0.25) is 0 Å². The summed E-state index contributed by atoms with van der Waals surface area (Å²) in [6.45, 7) is 7.32. The lowest BCUT2D eigenvalue weighted by Crippen LogP contribution is -2.40. The van der Waals surface area contributed by atoms with Crippen molar-refractivity contribution >= 4 is 10.0 Å². The molecular weight excluding hydrogens is 212 g/mol. The summed E-state index contributed by atoms with van der Waals surface area (Å²) in [6.07, 6.45) is 2.21. The Balaban J connectivity index is 2.36. The van der Waals surface area contributed by atoms with Crippen LogP contribution in [0, 0.1) is 5.41 Å². The fourth-order valence-corrected chi connectivity index (χ4v) is 3.48. The van der Waals surface area contributed by atoms with E-state index in [1.807, 2.05) is 20.8 Å². The van der Waals surface area contributed by atoms with Crippen LogP contribution >= 0.6 is 0 Å². The molecule has 0 spiro atoms. The molecule has 15 heavy (non-hydrogen) atoms. The molecule has 1 fully saturated rings. The van der Waals surface area contributed by atoms with E-state index < -0.39 is 10.0 Å². The van der Waals surface area contributed by atoms with Crippen molar-refractivity contribution in [3.8, 4) is 0 Å². The minimum Gasteiger partial charge on any atom is -0.313 e. The summed E-state index contributed by atoms with van der Waals surface area (Å²) >= 11 is 0. The highest BCUT2D eigenvalue weighted by Gasteiger charge is 2.23. The third-order valence-electron chi connectivity index (χ3n) is 2.34. The van der Waals surface area contributed by atoms with Gasteiger partial charge in [0.05, 0.1) is 5.75 Å². The molecule has 0 amide bonds. The molecule has 0 aromatic heterocycles. The SMILES string of the molecule is CC(C)(C)CS(=O)(=O)NCC1CCCN1. The van der Waals surface area contributed by atoms with E-state index in [0.717, 1.165) is 19.4 Å². The second kappa shape index (κ2) is 4.80. The predicted molar refractivity (Wildman–Crippen MR) is 62.3 cm³/mol. The molecule has 1 heterocycles. The summed E-state index contributed by atoms with van der Waals surface area (Å²) in [4.78, 5) is 0. The Hall–Kier alpha value is -0.130. The zero-order valence-corrected chi connectivity index (χ0v) is 10.7. The van der Waals surface area contributed by atoms with Crippen molar-refractivity contribution in [2.24, 2.45) is 5.41 Å². The maximum Gasteiger partial charge on any atom is 0.212 e. The smallest absolute Gasteiger partial charge is 0.212 e. The van der Waals surface area contributed by atoms with Crippen LogP contribution in [0.3, 0.4) is 0 Å². The zero-order valence-electron chi connectivity index (χ0n) is 9.84. The molecule has 90 valence electrons. The molecule has 1 atom stereocenters. The van der Waals surface area contributed by atoms with Gasteiger partial charge in [0.1, 0.15) is 0 Å². The summed E-state index contributed by atoms with van der Waals surface area (Å²) in [5, 5.41) is 3.27. The molecule has 1 unspecified atom stereocenters. The first-order valence-corrected chi connectivity index (χ1v) is 7.14. The first-order chi connectivity index (χ1) is 6.79. The van der Waals surface area contributed by atoms with Crippen molar-refractivity contribution in [1.82, 2.24) is 10.0 Å². The minimum absolute atomic E-state index is 0.186. The second-order valence-corrected chi connectivity index (χ2v) is 7.27. The van der Waals surface area contributed by atoms with Gasteiger partial charge in [-0.15, -0.1) is 0 Å². The second-order valence-electron chi connectivity index (χ2n) is 5.46. The van der Waals surface area contributed by atoms with Crippen LogP contribution in [0.25, 0.3) is 0 Å².